The van der Waals surface area contributed by atoms with Crippen molar-refractivity contribution in [3.63, 3.8) is 0 Å². The number of para-hydroxylation sites is 1. The first-order valence-corrected chi connectivity index (χ1v) is 10.0. The number of nitrogens with zero attached hydrogens (tertiary/aromatic N) is 4. The molecule has 0 atom stereocenters. The van der Waals surface area contributed by atoms with Gasteiger partial charge in [0.25, 0.3) is 5.69 Å². The van der Waals surface area contributed by atoms with Gasteiger partial charge in [0, 0.05) is 48.0 Å². The van der Waals surface area contributed by atoms with Crippen LogP contribution in [-0.2, 0) is 4.79 Å². The molecule has 8 nitrogen and oxygen atoms in total. The van der Waals surface area contributed by atoms with Crippen molar-refractivity contribution in [2.45, 2.75) is 19.8 Å². The highest BCUT2D eigenvalue weighted by molar-refractivity contribution is 6.30. The zero-order valence-electron chi connectivity index (χ0n) is 16.3. The van der Waals surface area contributed by atoms with Crippen LogP contribution in [0.25, 0.3) is 10.9 Å². The predicted molar refractivity (Wildman–Crippen MR) is 116 cm³/mol. The third kappa shape index (κ3) is 4.04. The number of nitro groups is 1. The van der Waals surface area contributed by atoms with Crippen molar-refractivity contribution in [2.24, 2.45) is 5.92 Å². The van der Waals surface area contributed by atoms with Crippen LogP contribution >= 0.6 is 11.6 Å². The number of aryl methyl sites for hydroxylation is 1. The number of aromatic nitrogens is 2. The fraction of sp³-hybridized carbons (Fsp3) is 0.286. The second-order valence-corrected chi connectivity index (χ2v) is 7.76. The molecule has 0 saturated carbocycles. The molecule has 2 aromatic heterocycles. The van der Waals surface area contributed by atoms with E-state index in [4.69, 9.17) is 11.6 Å². The third-order valence-corrected chi connectivity index (χ3v) is 5.53. The molecule has 154 valence electrons. The molecule has 1 N–H and O–H groups in total. The number of fused-ring (bicyclic) bond motifs is 1. The van der Waals surface area contributed by atoms with Crippen LogP contribution in [0.3, 0.4) is 0 Å². The lowest BCUT2D eigenvalue weighted by atomic mass is 9.95. The molecule has 1 fully saturated rings. The van der Waals surface area contributed by atoms with E-state index in [1.807, 2.05) is 19.1 Å². The average Bonchev–Trinajstić information content (AvgIpc) is 2.74. The van der Waals surface area contributed by atoms with E-state index in [1.54, 1.807) is 18.2 Å². The largest absolute Gasteiger partial charge is 0.371 e. The van der Waals surface area contributed by atoms with Gasteiger partial charge in [0.05, 0.1) is 9.95 Å². The summed E-state index contributed by atoms with van der Waals surface area (Å²) in [5.41, 5.74) is 2.04. The predicted octanol–water partition coefficient (Wildman–Crippen LogP) is 4.35. The molecule has 3 heterocycles. The Bertz CT molecular complexity index is 1110. The Morgan fingerprint density at radius 2 is 2.03 bits per heavy atom. The molecule has 30 heavy (non-hydrogen) atoms. The maximum Gasteiger partial charge on any atom is 0.295 e. The van der Waals surface area contributed by atoms with E-state index < -0.39 is 4.92 Å². The van der Waals surface area contributed by atoms with E-state index in [9.17, 15) is 14.9 Å². The number of nitrogens with one attached hydrogen (secondary N) is 1. The van der Waals surface area contributed by atoms with Crippen LogP contribution in [0.5, 0.6) is 0 Å². The summed E-state index contributed by atoms with van der Waals surface area (Å²) >= 11 is 5.83. The summed E-state index contributed by atoms with van der Waals surface area (Å²) in [4.78, 5) is 34.3. The first-order valence-electron chi connectivity index (χ1n) is 9.64. The minimum absolute atomic E-state index is 0.00202. The lowest BCUT2D eigenvalue weighted by molar-refractivity contribution is -0.383. The molecule has 1 aromatic carbocycles. The summed E-state index contributed by atoms with van der Waals surface area (Å²) in [6, 6.07) is 10.3. The number of non-ortho nitro benzene ring substituents is 1. The van der Waals surface area contributed by atoms with Crippen molar-refractivity contribution in [3.8, 4) is 0 Å². The van der Waals surface area contributed by atoms with Crippen LogP contribution in [0.4, 0.5) is 17.2 Å². The van der Waals surface area contributed by atoms with Crippen molar-refractivity contribution in [1.82, 2.24) is 9.97 Å². The zero-order valence-corrected chi connectivity index (χ0v) is 17.1. The lowest BCUT2D eigenvalue weighted by Gasteiger charge is -2.33. The van der Waals surface area contributed by atoms with Gasteiger partial charge in [0.1, 0.15) is 5.82 Å². The van der Waals surface area contributed by atoms with E-state index in [-0.39, 0.29) is 17.5 Å². The van der Waals surface area contributed by atoms with E-state index in [0.717, 1.165) is 16.8 Å². The number of halogens is 1. The van der Waals surface area contributed by atoms with Gasteiger partial charge in [0.2, 0.25) is 5.91 Å². The number of nitro benzene ring substituents is 1. The van der Waals surface area contributed by atoms with Crippen molar-refractivity contribution in [1.29, 1.82) is 0 Å². The molecule has 1 saturated heterocycles. The maximum atomic E-state index is 12.6. The van der Waals surface area contributed by atoms with E-state index in [1.165, 1.54) is 12.3 Å². The average molecular weight is 426 g/mol. The summed E-state index contributed by atoms with van der Waals surface area (Å²) in [5, 5.41) is 15.5. The third-order valence-electron chi connectivity index (χ3n) is 5.31. The minimum Gasteiger partial charge on any atom is -0.371 e. The number of carbonyl (C=O) groups is 1. The Kier molecular flexibility index (Phi) is 5.50. The number of piperidine rings is 1. The first-order chi connectivity index (χ1) is 14.4. The van der Waals surface area contributed by atoms with Crippen molar-refractivity contribution >= 4 is 45.6 Å². The van der Waals surface area contributed by atoms with Gasteiger partial charge in [-0.1, -0.05) is 23.7 Å². The van der Waals surface area contributed by atoms with Crippen LogP contribution in [-0.4, -0.2) is 33.9 Å². The van der Waals surface area contributed by atoms with Gasteiger partial charge in [-0.3, -0.25) is 14.9 Å². The van der Waals surface area contributed by atoms with Gasteiger partial charge in [-0.2, -0.15) is 0 Å². The fourth-order valence-corrected chi connectivity index (χ4v) is 3.92. The summed E-state index contributed by atoms with van der Waals surface area (Å²) < 4.78 is 0. The SMILES string of the molecule is Cc1cc(N2CCC(C(=O)Nc3ccc(Cl)cn3)CC2)c2cccc([N+](=O)[O-])c2n1. The van der Waals surface area contributed by atoms with E-state index in [0.29, 0.717) is 42.3 Å². The molecule has 0 radical (unpaired) electrons. The summed E-state index contributed by atoms with van der Waals surface area (Å²) in [6.45, 7) is 3.18. The number of amides is 1. The van der Waals surface area contributed by atoms with Crippen molar-refractivity contribution < 1.29 is 9.72 Å². The summed E-state index contributed by atoms with van der Waals surface area (Å²) in [7, 11) is 0. The summed E-state index contributed by atoms with van der Waals surface area (Å²) in [6.07, 6.45) is 2.85. The number of pyridine rings is 2. The Morgan fingerprint density at radius 3 is 2.70 bits per heavy atom. The van der Waals surface area contributed by atoms with Crippen molar-refractivity contribution in [2.75, 3.05) is 23.3 Å². The normalized spacial score (nSPS) is 14.7. The van der Waals surface area contributed by atoms with Crippen LogP contribution in [0.2, 0.25) is 5.02 Å². The number of benzene rings is 1. The van der Waals surface area contributed by atoms with Crippen molar-refractivity contribution in [3.05, 3.63) is 63.4 Å². The second-order valence-electron chi connectivity index (χ2n) is 7.33. The van der Waals surface area contributed by atoms with Crippen LogP contribution < -0.4 is 10.2 Å². The number of hydrogen-bond acceptors (Lipinski definition) is 6. The Hall–Kier alpha value is -3.26. The molecular formula is C21H20ClN5O3. The molecule has 4 rings (SSSR count). The smallest absolute Gasteiger partial charge is 0.295 e. The molecule has 3 aromatic rings. The lowest BCUT2D eigenvalue weighted by Crippen LogP contribution is -2.38. The molecule has 0 aliphatic carbocycles. The Morgan fingerprint density at radius 1 is 1.27 bits per heavy atom. The minimum atomic E-state index is -0.403. The zero-order chi connectivity index (χ0) is 21.3. The number of rotatable bonds is 4. The highest BCUT2D eigenvalue weighted by atomic mass is 35.5. The van der Waals surface area contributed by atoms with Gasteiger partial charge >= 0.3 is 0 Å². The molecule has 1 amide bonds. The van der Waals surface area contributed by atoms with Gasteiger partial charge in [-0.15, -0.1) is 0 Å². The quantitative estimate of drug-likeness (QED) is 0.492. The second kappa shape index (κ2) is 8.23. The maximum absolute atomic E-state index is 12.6. The van der Waals surface area contributed by atoms with Gasteiger partial charge in [0.15, 0.2) is 5.52 Å². The molecule has 1 aliphatic heterocycles. The molecule has 0 spiro atoms. The molecule has 9 heteroatoms. The van der Waals surface area contributed by atoms with Gasteiger partial charge in [-0.25, -0.2) is 9.97 Å². The fourth-order valence-electron chi connectivity index (χ4n) is 3.81. The standard InChI is InChI=1S/C21H20ClN5O3/c1-13-11-18(16-3-2-4-17(27(29)30)20(16)24-13)26-9-7-14(8-10-26)21(28)25-19-6-5-15(22)12-23-19/h2-6,11-12,14H,7-10H2,1H3,(H,23,25,28). The number of hydrogen-bond donors (Lipinski definition) is 1. The van der Waals surface area contributed by atoms with E-state index >= 15 is 0 Å². The highest BCUT2D eigenvalue weighted by Crippen LogP contribution is 2.34. The van der Waals surface area contributed by atoms with Crippen LogP contribution in [0, 0.1) is 23.0 Å². The Balaban J connectivity index is 1.51. The number of carbonyl (C=O) groups excluding carboxylic acids is 1. The van der Waals surface area contributed by atoms with E-state index in [2.05, 4.69) is 20.2 Å². The highest BCUT2D eigenvalue weighted by Gasteiger charge is 2.27. The first kappa shape index (κ1) is 20.0. The number of anilines is 2. The molecule has 0 bridgehead atoms. The van der Waals surface area contributed by atoms with Gasteiger partial charge in [-0.05, 0) is 38.0 Å². The summed E-state index contributed by atoms with van der Waals surface area (Å²) in [5.74, 6) is 0.299. The molecule has 1 aliphatic rings. The molecular weight excluding hydrogens is 406 g/mol. The monoisotopic (exact) mass is 425 g/mol. The molecule has 0 unspecified atom stereocenters. The van der Waals surface area contributed by atoms with Gasteiger partial charge < -0.3 is 10.2 Å². The topological polar surface area (TPSA) is 101 Å². The van der Waals surface area contributed by atoms with Crippen LogP contribution in [0.1, 0.15) is 18.5 Å². The van der Waals surface area contributed by atoms with Crippen LogP contribution in [0.15, 0.2) is 42.6 Å². The Labute approximate surface area is 178 Å².